The molecule has 20 heavy (non-hydrogen) atoms. The lowest BCUT2D eigenvalue weighted by Crippen LogP contribution is -2.00. The molecule has 0 amide bonds. The van der Waals surface area contributed by atoms with E-state index in [4.69, 9.17) is 5.11 Å². The molecule has 0 radical (unpaired) electrons. The number of carboxylic acid groups (broad SMARTS) is 1. The summed E-state index contributed by atoms with van der Waals surface area (Å²) >= 11 is 0. The van der Waals surface area contributed by atoms with Crippen molar-refractivity contribution >= 4 is 16.9 Å². The summed E-state index contributed by atoms with van der Waals surface area (Å²) in [6, 6.07) is 3.72. The first kappa shape index (κ1) is 14.6. The van der Waals surface area contributed by atoms with E-state index in [2.05, 4.69) is 17.7 Å². The van der Waals surface area contributed by atoms with Crippen molar-refractivity contribution in [1.82, 2.24) is 4.57 Å². The molecule has 0 aliphatic carbocycles. The fourth-order valence-corrected chi connectivity index (χ4v) is 2.64. The predicted molar refractivity (Wildman–Crippen MR) is 79.3 cm³/mol. The van der Waals surface area contributed by atoms with Crippen LogP contribution in [0.5, 0.6) is 0 Å². The van der Waals surface area contributed by atoms with Gasteiger partial charge in [-0.05, 0) is 49.4 Å². The lowest BCUT2D eigenvalue weighted by molar-refractivity contribution is 0.0696. The number of carboxylic acids is 1. The highest BCUT2D eigenvalue weighted by Gasteiger charge is 2.14. The standard InChI is InChI=1S/C16H21NO3/c1-3-6-17-10-12(5-4-7-18)14-9-13(16(19)20)11(2)8-15(14)17/h8-10,18H,3-7H2,1-2H3,(H,19,20). The highest BCUT2D eigenvalue weighted by atomic mass is 16.4. The Hall–Kier alpha value is -1.81. The van der Waals surface area contributed by atoms with Gasteiger partial charge in [-0.1, -0.05) is 6.92 Å². The molecule has 1 aromatic heterocycles. The number of aromatic carboxylic acids is 1. The van der Waals surface area contributed by atoms with Gasteiger partial charge in [-0.15, -0.1) is 0 Å². The third kappa shape index (κ3) is 2.70. The molecule has 2 rings (SSSR count). The van der Waals surface area contributed by atoms with Crippen molar-refractivity contribution in [3.8, 4) is 0 Å². The SMILES string of the molecule is CCCn1cc(CCCO)c2cc(C(=O)O)c(C)cc21. The predicted octanol–water partition coefficient (Wildman–Crippen LogP) is 2.98. The Balaban J connectivity index is 2.60. The minimum Gasteiger partial charge on any atom is -0.478 e. The third-order valence-electron chi connectivity index (χ3n) is 3.61. The van der Waals surface area contributed by atoms with Crippen LogP contribution in [0.1, 0.15) is 41.3 Å². The normalized spacial score (nSPS) is 11.2. The Kier molecular flexibility index (Phi) is 4.45. The van der Waals surface area contributed by atoms with E-state index in [0.29, 0.717) is 12.0 Å². The lowest BCUT2D eigenvalue weighted by atomic mass is 10.0. The molecule has 1 heterocycles. The van der Waals surface area contributed by atoms with Gasteiger partial charge in [0.2, 0.25) is 0 Å². The minimum atomic E-state index is -0.888. The number of carbonyl (C=O) groups is 1. The summed E-state index contributed by atoms with van der Waals surface area (Å²) in [4.78, 5) is 11.3. The van der Waals surface area contributed by atoms with Crippen LogP contribution in [0, 0.1) is 6.92 Å². The zero-order valence-electron chi connectivity index (χ0n) is 12.0. The van der Waals surface area contributed by atoms with Crippen molar-refractivity contribution in [3.05, 3.63) is 35.0 Å². The molecule has 0 aliphatic rings. The van der Waals surface area contributed by atoms with E-state index in [9.17, 15) is 9.90 Å². The number of hydrogen-bond acceptors (Lipinski definition) is 2. The third-order valence-corrected chi connectivity index (χ3v) is 3.61. The molecule has 1 aromatic carbocycles. The molecule has 0 saturated carbocycles. The van der Waals surface area contributed by atoms with Gasteiger partial charge in [-0.25, -0.2) is 4.79 Å². The summed E-state index contributed by atoms with van der Waals surface area (Å²) in [6.45, 7) is 5.02. The average Bonchev–Trinajstić information content (AvgIpc) is 2.73. The molecular formula is C16H21NO3. The van der Waals surface area contributed by atoms with Gasteiger partial charge in [0.15, 0.2) is 0 Å². The molecule has 0 saturated heterocycles. The van der Waals surface area contributed by atoms with Crippen LogP contribution in [0.2, 0.25) is 0 Å². The first-order valence-electron chi connectivity index (χ1n) is 7.05. The Morgan fingerprint density at radius 1 is 1.35 bits per heavy atom. The summed E-state index contributed by atoms with van der Waals surface area (Å²) < 4.78 is 2.18. The van der Waals surface area contributed by atoms with Gasteiger partial charge in [-0.3, -0.25) is 0 Å². The molecule has 108 valence electrons. The van der Waals surface area contributed by atoms with Crippen LogP contribution in [0.25, 0.3) is 10.9 Å². The maximum atomic E-state index is 11.3. The van der Waals surface area contributed by atoms with E-state index in [1.54, 1.807) is 6.07 Å². The monoisotopic (exact) mass is 275 g/mol. The molecule has 0 fully saturated rings. The van der Waals surface area contributed by atoms with Crippen molar-refractivity contribution < 1.29 is 15.0 Å². The van der Waals surface area contributed by atoms with Gasteiger partial charge in [0.05, 0.1) is 5.56 Å². The summed E-state index contributed by atoms with van der Waals surface area (Å²) in [5.74, 6) is -0.888. The van der Waals surface area contributed by atoms with Crippen LogP contribution in [0.3, 0.4) is 0 Å². The lowest BCUT2D eigenvalue weighted by Gasteiger charge is -2.06. The number of aliphatic hydroxyl groups excluding tert-OH is 1. The molecule has 0 aliphatic heterocycles. The summed E-state index contributed by atoms with van der Waals surface area (Å²) in [5.41, 5.74) is 3.35. The largest absolute Gasteiger partial charge is 0.478 e. The number of rotatable bonds is 6. The van der Waals surface area contributed by atoms with Crippen LogP contribution in [-0.2, 0) is 13.0 Å². The molecule has 0 spiro atoms. The van der Waals surface area contributed by atoms with Crippen molar-refractivity contribution in [2.75, 3.05) is 6.61 Å². The first-order chi connectivity index (χ1) is 9.58. The van der Waals surface area contributed by atoms with Gasteiger partial charge in [-0.2, -0.15) is 0 Å². The van der Waals surface area contributed by atoms with Crippen molar-refractivity contribution in [1.29, 1.82) is 0 Å². The van der Waals surface area contributed by atoms with Gasteiger partial charge in [0.25, 0.3) is 0 Å². The molecule has 0 unspecified atom stereocenters. The highest BCUT2D eigenvalue weighted by Crippen LogP contribution is 2.26. The number of aliphatic hydroxyl groups is 1. The number of aryl methyl sites for hydroxylation is 3. The van der Waals surface area contributed by atoms with Crippen molar-refractivity contribution in [2.45, 2.75) is 39.7 Å². The molecule has 2 aromatic rings. The van der Waals surface area contributed by atoms with Crippen LogP contribution in [0.15, 0.2) is 18.3 Å². The number of nitrogens with zero attached hydrogens (tertiary/aromatic N) is 1. The maximum absolute atomic E-state index is 11.3. The quantitative estimate of drug-likeness (QED) is 0.852. The number of hydrogen-bond donors (Lipinski definition) is 2. The minimum absolute atomic E-state index is 0.151. The zero-order valence-corrected chi connectivity index (χ0v) is 12.0. The smallest absolute Gasteiger partial charge is 0.335 e. The van der Waals surface area contributed by atoms with E-state index < -0.39 is 5.97 Å². The Labute approximate surface area is 118 Å². The summed E-state index contributed by atoms with van der Waals surface area (Å²) in [7, 11) is 0. The molecule has 4 heteroatoms. The summed E-state index contributed by atoms with van der Waals surface area (Å²) in [6.07, 6.45) is 4.59. The molecular weight excluding hydrogens is 254 g/mol. The van der Waals surface area contributed by atoms with Crippen LogP contribution < -0.4 is 0 Å². The molecule has 2 N–H and O–H groups in total. The number of fused-ring (bicyclic) bond motifs is 1. The van der Waals surface area contributed by atoms with E-state index >= 15 is 0 Å². The highest BCUT2D eigenvalue weighted by molar-refractivity contribution is 5.96. The van der Waals surface area contributed by atoms with Gasteiger partial charge >= 0.3 is 5.97 Å². The Morgan fingerprint density at radius 3 is 2.70 bits per heavy atom. The maximum Gasteiger partial charge on any atom is 0.335 e. The molecule has 0 atom stereocenters. The van der Waals surface area contributed by atoms with Crippen LogP contribution >= 0.6 is 0 Å². The second kappa shape index (κ2) is 6.09. The van der Waals surface area contributed by atoms with Crippen molar-refractivity contribution in [3.63, 3.8) is 0 Å². The average molecular weight is 275 g/mol. The topological polar surface area (TPSA) is 62.5 Å². The van der Waals surface area contributed by atoms with E-state index in [1.165, 1.54) is 0 Å². The van der Waals surface area contributed by atoms with Gasteiger partial charge < -0.3 is 14.8 Å². The van der Waals surface area contributed by atoms with Crippen LogP contribution in [0.4, 0.5) is 0 Å². The fraction of sp³-hybridized carbons (Fsp3) is 0.438. The summed E-state index contributed by atoms with van der Waals surface area (Å²) in [5, 5.41) is 19.2. The van der Waals surface area contributed by atoms with Gasteiger partial charge in [0.1, 0.15) is 0 Å². The van der Waals surface area contributed by atoms with Crippen LogP contribution in [-0.4, -0.2) is 27.4 Å². The van der Waals surface area contributed by atoms with Gasteiger partial charge in [0, 0.05) is 30.3 Å². The zero-order chi connectivity index (χ0) is 14.7. The van der Waals surface area contributed by atoms with E-state index in [-0.39, 0.29) is 6.61 Å². The Bertz CT molecular complexity index is 628. The first-order valence-corrected chi connectivity index (χ1v) is 7.05. The fourth-order valence-electron chi connectivity index (χ4n) is 2.64. The number of aromatic nitrogens is 1. The molecule has 0 bridgehead atoms. The van der Waals surface area contributed by atoms with E-state index in [1.807, 2.05) is 13.0 Å². The second-order valence-electron chi connectivity index (χ2n) is 5.16. The second-order valence-corrected chi connectivity index (χ2v) is 5.16. The van der Waals surface area contributed by atoms with E-state index in [0.717, 1.165) is 41.4 Å². The Morgan fingerprint density at radius 2 is 2.10 bits per heavy atom. The molecule has 4 nitrogen and oxygen atoms in total. The van der Waals surface area contributed by atoms with Crippen molar-refractivity contribution in [2.24, 2.45) is 0 Å². The number of benzene rings is 1.